The van der Waals surface area contributed by atoms with Crippen LogP contribution in [0.15, 0.2) is 54.5 Å². The molecule has 2 amide bonds. The molecule has 5 nitrogen and oxygen atoms in total. The molecule has 144 valence electrons. The van der Waals surface area contributed by atoms with Crippen molar-refractivity contribution in [3.63, 3.8) is 0 Å². The first-order valence-corrected chi connectivity index (χ1v) is 9.35. The highest BCUT2D eigenvalue weighted by Gasteiger charge is 2.19. The minimum Gasteiger partial charge on any atom is -0.326 e. The second-order valence-electron chi connectivity index (χ2n) is 7.33. The smallest absolute Gasteiger partial charge is 0.224 e. The number of aromatic nitrogens is 1. The van der Waals surface area contributed by atoms with Gasteiger partial charge >= 0.3 is 0 Å². The molecule has 0 radical (unpaired) electrons. The minimum absolute atomic E-state index is 0.0494. The zero-order chi connectivity index (χ0) is 20.1. The Hall–Kier alpha value is -3.21. The van der Waals surface area contributed by atoms with Crippen molar-refractivity contribution < 1.29 is 9.59 Å². The van der Waals surface area contributed by atoms with Gasteiger partial charge in [-0.2, -0.15) is 0 Å². The standard InChI is InChI=1S/C23H25N3O2/c1-16(2)9-20(14-26(3)15-27)21-11-18-6-7-23(28)25-22(18)12-19(21)10-17-5-4-8-24-13-17/h4-5,8-9,11-15H,6-7,10H2,1-3H3,(H,25,28)/b20-14+. The van der Waals surface area contributed by atoms with Gasteiger partial charge in [-0.05, 0) is 72.7 Å². The fraction of sp³-hybridized carbons (Fsp3) is 0.261. The number of anilines is 1. The lowest BCUT2D eigenvalue weighted by molar-refractivity contribution is -0.116. The van der Waals surface area contributed by atoms with E-state index in [0.29, 0.717) is 19.3 Å². The lowest BCUT2D eigenvalue weighted by Crippen LogP contribution is -2.19. The predicted molar refractivity (Wildman–Crippen MR) is 112 cm³/mol. The third kappa shape index (κ3) is 4.74. The number of aryl methyl sites for hydroxylation is 1. The van der Waals surface area contributed by atoms with E-state index < -0.39 is 0 Å². The second-order valence-corrected chi connectivity index (χ2v) is 7.33. The first-order valence-electron chi connectivity index (χ1n) is 9.35. The van der Waals surface area contributed by atoms with E-state index >= 15 is 0 Å². The summed E-state index contributed by atoms with van der Waals surface area (Å²) in [4.78, 5) is 28.8. The Morgan fingerprint density at radius 1 is 1.29 bits per heavy atom. The van der Waals surface area contributed by atoms with E-state index in [2.05, 4.69) is 28.5 Å². The molecule has 0 saturated carbocycles. The largest absolute Gasteiger partial charge is 0.326 e. The Balaban J connectivity index is 2.16. The van der Waals surface area contributed by atoms with Gasteiger partial charge in [0.15, 0.2) is 0 Å². The van der Waals surface area contributed by atoms with E-state index in [9.17, 15) is 9.59 Å². The van der Waals surface area contributed by atoms with Crippen molar-refractivity contribution in [3.8, 4) is 0 Å². The Kier molecular flexibility index (Phi) is 6.04. The lowest BCUT2D eigenvalue weighted by Gasteiger charge is -2.22. The zero-order valence-electron chi connectivity index (χ0n) is 16.5. The first-order chi connectivity index (χ1) is 13.5. The molecule has 3 rings (SSSR count). The normalized spacial score (nSPS) is 13.4. The molecule has 5 heteroatoms. The first kappa shape index (κ1) is 19.5. The average molecular weight is 375 g/mol. The Morgan fingerprint density at radius 3 is 2.79 bits per heavy atom. The number of amides is 2. The molecule has 28 heavy (non-hydrogen) atoms. The summed E-state index contributed by atoms with van der Waals surface area (Å²) in [6.07, 6.45) is 10.2. The lowest BCUT2D eigenvalue weighted by atomic mass is 9.89. The molecule has 2 aromatic rings. The Morgan fingerprint density at radius 2 is 2.11 bits per heavy atom. The summed E-state index contributed by atoms with van der Waals surface area (Å²) in [5, 5.41) is 2.99. The fourth-order valence-electron chi connectivity index (χ4n) is 3.36. The van der Waals surface area contributed by atoms with E-state index in [1.165, 1.54) is 4.90 Å². The monoisotopic (exact) mass is 375 g/mol. The van der Waals surface area contributed by atoms with Gasteiger partial charge in [0.05, 0.1) is 0 Å². The van der Waals surface area contributed by atoms with Crippen LogP contribution in [-0.2, 0) is 22.4 Å². The number of nitrogens with one attached hydrogen (secondary N) is 1. The van der Waals surface area contributed by atoms with Crippen molar-refractivity contribution in [2.75, 3.05) is 12.4 Å². The van der Waals surface area contributed by atoms with Crippen LogP contribution in [0.1, 0.15) is 42.5 Å². The molecule has 1 aromatic heterocycles. The van der Waals surface area contributed by atoms with Crippen LogP contribution >= 0.6 is 0 Å². The summed E-state index contributed by atoms with van der Waals surface area (Å²) in [5.74, 6) is 0.0494. The zero-order valence-corrected chi connectivity index (χ0v) is 16.5. The molecule has 0 fully saturated rings. The SMILES string of the molecule is CC(C)=C/C(=C\N(C)C=O)c1cc2c(cc1Cc1cccnc1)NC(=O)CC2. The molecule has 1 N–H and O–H groups in total. The molecule has 0 spiro atoms. The van der Waals surface area contributed by atoms with Crippen LogP contribution in [0.25, 0.3) is 5.57 Å². The van der Waals surface area contributed by atoms with Crippen LogP contribution in [0.5, 0.6) is 0 Å². The molecule has 1 aliphatic heterocycles. The van der Waals surface area contributed by atoms with Crippen LogP contribution in [0.2, 0.25) is 0 Å². The topological polar surface area (TPSA) is 62.3 Å². The Bertz CT molecular complexity index is 942. The van der Waals surface area contributed by atoms with Gasteiger partial charge in [-0.15, -0.1) is 0 Å². The van der Waals surface area contributed by atoms with E-state index in [4.69, 9.17) is 0 Å². The van der Waals surface area contributed by atoms with Crippen molar-refractivity contribution in [3.05, 3.63) is 76.8 Å². The van der Waals surface area contributed by atoms with E-state index in [-0.39, 0.29) is 5.91 Å². The third-order valence-electron chi connectivity index (χ3n) is 4.61. The number of carbonyl (C=O) groups is 2. The molecule has 2 heterocycles. The number of hydrogen-bond acceptors (Lipinski definition) is 3. The number of carbonyl (C=O) groups excluding carboxylic acids is 2. The van der Waals surface area contributed by atoms with Crippen LogP contribution in [0.3, 0.4) is 0 Å². The fourth-order valence-corrected chi connectivity index (χ4v) is 3.36. The molecule has 1 aliphatic rings. The van der Waals surface area contributed by atoms with Crippen molar-refractivity contribution in [2.24, 2.45) is 0 Å². The molecule has 0 unspecified atom stereocenters. The van der Waals surface area contributed by atoms with Crippen LogP contribution in [0.4, 0.5) is 5.69 Å². The average Bonchev–Trinajstić information content (AvgIpc) is 2.67. The van der Waals surface area contributed by atoms with E-state index in [1.54, 1.807) is 13.2 Å². The second kappa shape index (κ2) is 8.65. The van der Waals surface area contributed by atoms with E-state index in [0.717, 1.165) is 45.5 Å². The van der Waals surface area contributed by atoms with E-state index in [1.807, 2.05) is 38.4 Å². The quantitative estimate of drug-likeness (QED) is 0.614. The number of pyridine rings is 1. The Labute approximate surface area is 165 Å². The number of allylic oxidation sites excluding steroid dienone is 3. The van der Waals surface area contributed by atoms with Gasteiger partial charge in [0, 0.05) is 37.7 Å². The molecular formula is C23H25N3O2. The number of fused-ring (bicyclic) bond motifs is 1. The molecule has 0 saturated heterocycles. The van der Waals surface area contributed by atoms with Gasteiger partial charge in [-0.3, -0.25) is 14.6 Å². The predicted octanol–water partition coefficient (Wildman–Crippen LogP) is 3.95. The summed E-state index contributed by atoms with van der Waals surface area (Å²) < 4.78 is 0. The van der Waals surface area contributed by atoms with Crippen LogP contribution in [-0.4, -0.2) is 29.2 Å². The number of hydrogen-bond donors (Lipinski definition) is 1. The third-order valence-corrected chi connectivity index (χ3v) is 4.61. The van der Waals surface area contributed by atoms with Gasteiger partial charge in [0.2, 0.25) is 12.3 Å². The highest BCUT2D eigenvalue weighted by Crippen LogP contribution is 2.32. The van der Waals surface area contributed by atoms with Gasteiger partial charge in [-0.25, -0.2) is 0 Å². The molecule has 0 atom stereocenters. The summed E-state index contributed by atoms with van der Waals surface area (Å²) in [7, 11) is 1.73. The molecular weight excluding hydrogens is 350 g/mol. The minimum atomic E-state index is 0.0494. The maximum absolute atomic E-state index is 11.9. The van der Waals surface area contributed by atoms with Crippen molar-refractivity contribution in [1.29, 1.82) is 0 Å². The van der Waals surface area contributed by atoms with Gasteiger partial charge in [0.1, 0.15) is 0 Å². The van der Waals surface area contributed by atoms with Crippen molar-refractivity contribution >= 4 is 23.6 Å². The molecule has 0 bridgehead atoms. The summed E-state index contributed by atoms with van der Waals surface area (Å²) in [6, 6.07) is 8.16. The van der Waals surface area contributed by atoms with Crippen molar-refractivity contribution in [2.45, 2.75) is 33.1 Å². The van der Waals surface area contributed by atoms with Crippen LogP contribution in [0, 0.1) is 0 Å². The number of benzene rings is 1. The highest BCUT2D eigenvalue weighted by atomic mass is 16.1. The maximum Gasteiger partial charge on any atom is 0.224 e. The van der Waals surface area contributed by atoms with Crippen molar-refractivity contribution in [1.82, 2.24) is 9.88 Å². The number of nitrogens with zero attached hydrogens (tertiary/aromatic N) is 2. The molecule has 1 aromatic carbocycles. The summed E-state index contributed by atoms with van der Waals surface area (Å²) in [5.41, 5.74) is 7.33. The summed E-state index contributed by atoms with van der Waals surface area (Å²) >= 11 is 0. The maximum atomic E-state index is 11.9. The number of rotatable bonds is 6. The van der Waals surface area contributed by atoms with Crippen LogP contribution < -0.4 is 5.32 Å². The highest BCUT2D eigenvalue weighted by molar-refractivity contribution is 5.95. The summed E-state index contributed by atoms with van der Waals surface area (Å²) in [6.45, 7) is 4.07. The molecule has 0 aliphatic carbocycles. The van der Waals surface area contributed by atoms with Gasteiger partial charge in [0.25, 0.3) is 0 Å². The van der Waals surface area contributed by atoms with Gasteiger partial charge < -0.3 is 10.2 Å². The van der Waals surface area contributed by atoms with Gasteiger partial charge in [-0.1, -0.05) is 17.7 Å².